The first-order valence-corrected chi connectivity index (χ1v) is 2.49. The summed E-state index contributed by atoms with van der Waals surface area (Å²) in [5.74, 6) is 0. The molecule has 2 aliphatic carbocycles. The van der Waals surface area contributed by atoms with Crippen LogP contribution in [0.1, 0.15) is 5.56 Å². The quantitative estimate of drug-likeness (QED) is 0.471. The van der Waals surface area contributed by atoms with Crippen LogP contribution in [0.25, 0.3) is 11.1 Å². The van der Waals surface area contributed by atoms with Crippen LogP contribution < -0.4 is 0 Å². The topological polar surface area (TPSA) is 0 Å². The molecule has 1 heteroatoms. The van der Waals surface area contributed by atoms with Gasteiger partial charge in [0.05, 0.1) is 0 Å². The molecule has 0 saturated heterocycles. The SMILES string of the molecule is Cc1c2cccc1-2.P. The Balaban J connectivity index is 0.000000320. The average Bonchev–Trinajstić information content (AvgIpc) is 2.26. The van der Waals surface area contributed by atoms with E-state index in [9.17, 15) is 0 Å². The van der Waals surface area contributed by atoms with Crippen molar-refractivity contribution in [2.24, 2.45) is 0 Å². The zero-order valence-electron chi connectivity index (χ0n) is 4.94. The molecule has 42 valence electrons. The van der Waals surface area contributed by atoms with Gasteiger partial charge in [-0.05, 0) is 23.6 Å². The fourth-order valence-corrected chi connectivity index (χ4v) is 0.991. The molecule has 0 aromatic heterocycles. The Kier molecular flexibility index (Phi) is 1.13. The van der Waals surface area contributed by atoms with E-state index in [-0.39, 0.29) is 9.90 Å². The zero-order chi connectivity index (χ0) is 4.85. The maximum atomic E-state index is 2.16. The van der Waals surface area contributed by atoms with E-state index in [1.165, 1.54) is 16.7 Å². The third-order valence-electron chi connectivity index (χ3n) is 1.56. The molecule has 8 heavy (non-hydrogen) atoms. The minimum absolute atomic E-state index is 0. The van der Waals surface area contributed by atoms with Crippen LogP contribution >= 0.6 is 9.90 Å². The van der Waals surface area contributed by atoms with Crippen molar-refractivity contribution >= 4 is 9.90 Å². The van der Waals surface area contributed by atoms with Crippen LogP contribution in [0, 0.1) is 6.92 Å². The summed E-state index contributed by atoms with van der Waals surface area (Å²) in [4.78, 5) is 0. The van der Waals surface area contributed by atoms with Gasteiger partial charge in [-0.25, -0.2) is 0 Å². The molecule has 0 bridgehead atoms. The van der Waals surface area contributed by atoms with Gasteiger partial charge in [0, 0.05) is 0 Å². The summed E-state index contributed by atoms with van der Waals surface area (Å²) in [5.41, 5.74) is 4.43. The Morgan fingerprint density at radius 3 is 1.88 bits per heavy atom. The predicted molar refractivity (Wildman–Crippen MR) is 41.3 cm³/mol. The number of benzene rings is 1. The van der Waals surface area contributed by atoms with Crippen LogP contribution in [0.4, 0.5) is 0 Å². The highest BCUT2D eigenvalue weighted by Gasteiger charge is 2.17. The van der Waals surface area contributed by atoms with Crippen molar-refractivity contribution in [3.8, 4) is 11.1 Å². The highest BCUT2D eigenvalue weighted by molar-refractivity contribution is 6.92. The molecule has 0 spiro atoms. The van der Waals surface area contributed by atoms with Crippen molar-refractivity contribution in [1.29, 1.82) is 0 Å². The summed E-state index contributed by atoms with van der Waals surface area (Å²) >= 11 is 0. The highest BCUT2D eigenvalue weighted by Crippen LogP contribution is 2.40. The first-order valence-electron chi connectivity index (χ1n) is 2.49. The second-order valence-electron chi connectivity index (χ2n) is 1.98. The lowest BCUT2D eigenvalue weighted by Gasteiger charge is -1.57. The second kappa shape index (κ2) is 1.56. The number of aryl methyl sites for hydroxylation is 1. The smallest absolute Gasteiger partial charge is 0.0146 e. The fraction of sp³-hybridized carbons (Fsp3) is 0.143. The van der Waals surface area contributed by atoms with Gasteiger partial charge in [0.15, 0.2) is 0 Å². The molecule has 1 unspecified atom stereocenters. The van der Waals surface area contributed by atoms with Crippen LogP contribution in [-0.2, 0) is 0 Å². The van der Waals surface area contributed by atoms with Gasteiger partial charge < -0.3 is 0 Å². The first kappa shape index (κ1) is 5.78. The molecule has 0 aromatic carbocycles. The van der Waals surface area contributed by atoms with Crippen molar-refractivity contribution in [2.75, 3.05) is 0 Å². The van der Waals surface area contributed by atoms with Crippen LogP contribution in [0.2, 0.25) is 0 Å². The van der Waals surface area contributed by atoms with Gasteiger partial charge in [-0.15, -0.1) is 0 Å². The molecule has 0 saturated carbocycles. The molecule has 2 aliphatic rings. The van der Waals surface area contributed by atoms with Gasteiger partial charge in [-0.3, -0.25) is 0 Å². The molecule has 0 amide bonds. The molecular formula is C7H9P. The van der Waals surface area contributed by atoms with E-state index in [4.69, 9.17) is 0 Å². The van der Waals surface area contributed by atoms with Gasteiger partial charge in [0.25, 0.3) is 0 Å². The lowest BCUT2D eigenvalue weighted by molar-refractivity contribution is 1.68. The minimum atomic E-state index is 0. The van der Waals surface area contributed by atoms with E-state index >= 15 is 0 Å². The van der Waals surface area contributed by atoms with Gasteiger partial charge in [0.2, 0.25) is 0 Å². The van der Waals surface area contributed by atoms with Crippen LogP contribution in [-0.4, -0.2) is 0 Å². The molecule has 0 aliphatic heterocycles. The maximum absolute atomic E-state index is 2.16. The molecule has 0 N–H and O–H groups in total. The molecule has 1 atom stereocenters. The number of fused-ring (bicyclic) bond motifs is 1. The average molecular weight is 124 g/mol. The van der Waals surface area contributed by atoms with Crippen molar-refractivity contribution in [1.82, 2.24) is 0 Å². The van der Waals surface area contributed by atoms with Crippen LogP contribution in [0.15, 0.2) is 18.2 Å². The normalized spacial score (nSPS) is 10.1. The largest absolute Gasteiger partial charge is 0.153 e. The number of rotatable bonds is 0. The van der Waals surface area contributed by atoms with Crippen LogP contribution in [0.3, 0.4) is 0 Å². The lowest BCUT2D eigenvalue weighted by Crippen LogP contribution is -1.37. The van der Waals surface area contributed by atoms with Crippen molar-refractivity contribution in [3.05, 3.63) is 23.8 Å². The van der Waals surface area contributed by atoms with Crippen molar-refractivity contribution in [2.45, 2.75) is 6.92 Å². The third-order valence-corrected chi connectivity index (χ3v) is 1.56. The zero-order valence-corrected chi connectivity index (χ0v) is 6.35. The highest BCUT2D eigenvalue weighted by atomic mass is 31.0. The fourth-order valence-electron chi connectivity index (χ4n) is 0.991. The first-order chi connectivity index (χ1) is 3.39. The molecule has 0 aromatic rings. The van der Waals surface area contributed by atoms with E-state index < -0.39 is 0 Å². The van der Waals surface area contributed by atoms with Gasteiger partial charge in [-0.1, -0.05) is 18.2 Å². The van der Waals surface area contributed by atoms with Crippen molar-refractivity contribution < 1.29 is 0 Å². The van der Waals surface area contributed by atoms with Gasteiger partial charge in [-0.2, -0.15) is 9.90 Å². The molecule has 0 heterocycles. The van der Waals surface area contributed by atoms with Crippen LogP contribution in [0.5, 0.6) is 0 Å². The molecule has 0 fully saturated rings. The molecule has 0 nitrogen and oxygen atoms in total. The molecule has 2 rings (SSSR count). The Bertz CT molecular complexity index is 195. The van der Waals surface area contributed by atoms with E-state index in [0.717, 1.165) is 0 Å². The summed E-state index contributed by atoms with van der Waals surface area (Å²) < 4.78 is 0. The summed E-state index contributed by atoms with van der Waals surface area (Å²) in [5, 5.41) is 0. The summed E-state index contributed by atoms with van der Waals surface area (Å²) in [6, 6.07) is 6.41. The Hall–Kier alpha value is -0.350. The minimum Gasteiger partial charge on any atom is -0.153 e. The van der Waals surface area contributed by atoms with E-state index in [2.05, 4.69) is 25.1 Å². The Labute approximate surface area is 52.5 Å². The number of hydrogen-bond acceptors (Lipinski definition) is 0. The lowest BCUT2D eigenvalue weighted by atomic mass is 10.5. The van der Waals surface area contributed by atoms with Crippen molar-refractivity contribution in [3.63, 3.8) is 0 Å². The third kappa shape index (κ3) is 0.499. The number of hydrogen-bond donors (Lipinski definition) is 0. The monoisotopic (exact) mass is 124 g/mol. The maximum Gasteiger partial charge on any atom is -0.0146 e. The van der Waals surface area contributed by atoms with E-state index in [1.807, 2.05) is 0 Å². The summed E-state index contributed by atoms with van der Waals surface area (Å²) in [7, 11) is 0. The summed E-state index contributed by atoms with van der Waals surface area (Å²) in [6.45, 7) is 2.16. The Morgan fingerprint density at radius 2 is 1.62 bits per heavy atom. The standard InChI is InChI=1S/C7H6.H3P/c1-5-6-3-2-4-7(5)6;/h2-4H,1H3;1H3. The Morgan fingerprint density at radius 1 is 1.12 bits per heavy atom. The predicted octanol–water partition coefficient (Wildman–Crippen LogP) is 2.03. The van der Waals surface area contributed by atoms with E-state index in [1.54, 1.807) is 0 Å². The second-order valence-corrected chi connectivity index (χ2v) is 1.98. The molecular weight excluding hydrogens is 115 g/mol. The molecule has 0 radical (unpaired) electrons. The van der Waals surface area contributed by atoms with Gasteiger partial charge >= 0.3 is 0 Å². The van der Waals surface area contributed by atoms with E-state index in [0.29, 0.717) is 0 Å². The van der Waals surface area contributed by atoms with Gasteiger partial charge in [0.1, 0.15) is 0 Å². The summed E-state index contributed by atoms with van der Waals surface area (Å²) in [6.07, 6.45) is 0.